The van der Waals surface area contributed by atoms with Crippen LogP contribution in [0.2, 0.25) is 0 Å². The average Bonchev–Trinajstić information content (AvgIpc) is 3.11. The zero-order chi connectivity index (χ0) is 17.7. The van der Waals surface area contributed by atoms with Crippen molar-refractivity contribution in [3.05, 3.63) is 66.4 Å². The van der Waals surface area contributed by atoms with Gasteiger partial charge in [-0.2, -0.15) is 0 Å². The van der Waals surface area contributed by atoms with E-state index in [4.69, 9.17) is 4.74 Å². The fourth-order valence-corrected chi connectivity index (χ4v) is 4.45. The van der Waals surface area contributed by atoms with Crippen LogP contribution in [0.1, 0.15) is 16.7 Å². The minimum Gasteiger partial charge on any atom is -0.497 e. The smallest absolute Gasteiger partial charge is 0.274 e. The molecule has 0 radical (unpaired) electrons. The molecule has 0 spiro atoms. The summed E-state index contributed by atoms with van der Waals surface area (Å²) >= 11 is 5.01. The van der Waals surface area contributed by atoms with Crippen LogP contribution in [0.5, 0.6) is 5.75 Å². The number of aromatic nitrogens is 2. The van der Waals surface area contributed by atoms with Crippen molar-refractivity contribution in [1.82, 2.24) is 9.38 Å². The zero-order valence-corrected chi connectivity index (χ0v) is 16.4. The Kier molecular flexibility index (Phi) is 3.89. The fourth-order valence-electron chi connectivity index (χ4n) is 2.86. The fraction of sp³-hybridized carbons (Fsp3) is 0.158. The third-order valence-electron chi connectivity index (χ3n) is 4.37. The van der Waals surface area contributed by atoms with Crippen LogP contribution in [-0.2, 0) is 0 Å². The molecule has 6 heteroatoms. The van der Waals surface area contributed by atoms with E-state index in [-0.39, 0.29) is 5.56 Å². The quantitative estimate of drug-likeness (QED) is 0.500. The van der Waals surface area contributed by atoms with Gasteiger partial charge in [0.25, 0.3) is 5.56 Å². The number of benzene rings is 2. The molecular formula is C19H15BrN2O2S. The van der Waals surface area contributed by atoms with Gasteiger partial charge in [-0.05, 0) is 70.7 Å². The second kappa shape index (κ2) is 5.97. The molecule has 0 bridgehead atoms. The van der Waals surface area contributed by atoms with Crippen molar-refractivity contribution in [2.75, 3.05) is 7.11 Å². The minimum atomic E-state index is -0.0412. The molecule has 0 saturated heterocycles. The molecular weight excluding hydrogens is 400 g/mol. The lowest BCUT2D eigenvalue weighted by molar-refractivity contribution is 0.414. The number of imidazole rings is 1. The first-order chi connectivity index (χ1) is 12.0. The number of halogens is 1. The minimum absolute atomic E-state index is 0.0412. The van der Waals surface area contributed by atoms with E-state index >= 15 is 0 Å². The number of rotatable bonds is 2. The number of hydrogen-bond donors (Lipinski definition) is 0. The third-order valence-corrected chi connectivity index (χ3v) is 6.31. The van der Waals surface area contributed by atoms with Gasteiger partial charge in [-0.15, -0.1) is 0 Å². The average molecular weight is 415 g/mol. The van der Waals surface area contributed by atoms with Crippen molar-refractivity contribution >= 4 is 49.3 Å². The normalized spacial score (nSPS) is 12.4. The molecule has 2 aromatic carbocycles. The summed E-state index contributed by atoms with van der Waals surface area (Å²) in [6, 6.07) is 9.68. The van der Waals surface area contributed by atoms with E-state index in [1.165, 1.54) is 11.3 Å². The topological polar surface area (TPSA) is 43.6 Å². The summed E-state index contributed by atoms with van der Waals surface area (Å²) in [7, 11) is 1.63. The third kappa shape index (κ3) is 2.56. The predicted octanol–water partition coefficient (Wildman–Crippen LogP) is 3.84. The lowest BCUT2D eigenvalue weighted by atomic mass is 10.1. The maximum Gasteiger partial charge on any atom is 0.274 e. The van der Waals surface area contributed by atoms with Crippen LogP contribution >= 0.6 is 27.3 Å². The van der Waals surface area contributed by atoms with Gasteiger partial charge < -0.3 is 4.74 Å². The molecule has 0 aliphatic heterocycles. The van der Waals surface area contributed by atoms with E-state index in [0.717, 1.165) is 37.9 Å². The van der Waals surface area contributed by atoms with Crippen molar-refractivity contribution in [2.24, 2.45) is 0 Å². The Balaban J connectivity index is 2.00. The lowest BCUT2D eigenvalue weighted by Gasteiger charge is -2.03. The van der Waals surface area contributed by atoms with Gasteiger partial charge in [-0.1, -0.05) is 23.5 Å². The van der Waals surface area contributed by atoms with E-state index in [9.17, 15) is 4.79 Å². The van der Waals surface area contributed by atoms with Crippen LogP contribution in [0.4, 0.5) is 0 Å². The Hall–Kier alpha value is -2.18. The molecule has 126 valence electrons. The molecule has 2 heterocycles. The summed E-state index contributed by atoms with van der Waals surface area (Å²) < 4.78 is 8.56. The maximum atomic E-state index is 12.9. The number of nitrogens with zero attached hydrogens (tertiary/aromatic N) is 2. The summed E-state index contributed by atoms with van der Waals surface area (Å²) in [5.74, 6) is 0.767. The monoisotopic (exact) mass is 414 g/mol. The maximum absolute atomic E-state index is 12.9. The van der Waals surface area contributed by atoms with Gasteiger partial charge in [0.15, 0.2) is 4.96 Å². The second-order valence-electron chi connectivity index (χ2n) is 5.92. The molecule has 2 aromatic heterocycles. The Labute approximate surface area is 156 Å². The van der Waals surface area contributed by atoms with Gasteiger partial charge in [0.2, 0.25) is 0 Å². The largest absolute Gasteiger partial charge is 0.497 e. The predicted molar refractivity (Wildman–Crippen MR) is 106 cm³/mol. The highest BCUT2D eigenvalue weighted by atomic mass is 79.9. The molecule has 0 amide bonds. The Morgan fingerprint density at radius 1 is 1.28 bits per heavy atom. The molecule has 0 N–H and O–H groups in total. The van der Waals surface area contributed by atoms with Gasteiger partial charge in [0, 0.05) is 4.47 Å². The number of hydrogen-bond acceptors (Lipinski definition) is 4. The van der Waals surface area contributed by atoms with Crippen LogP contribution in [-0.4, -0.2) is 16.5 Å². The molecule has 0 saturated carbocycles. The number of aryl methyl sites for hydroxylation is 1. The summed E-state index contributed by atoms with van der Waals surface area (Å²) in [5, 5.41) is 0. The zero-order valence-electron chi connectivity index (χ0n) is 14.0. The molecule has 0 unspecified atom stereocenters. The standard InChI is InChI=1S/C19H15BrN2O2S/c1-10-7-14-17(16(20)11(10)2)21-19-22(14)18(23)15(25-19)9-12-5-4-6-13(8-12)24-3/h4-9H,1-3H3/b15-9-. The van der Waals surface area contributed by atoms with Gasteiger partial charge in [-0.25, -0.2) is 9.38 Å². The Bertz CT molecular complexity index is 1240. The SMILES string of the molecule is COc1cccc(/C=c2\sc3nc4c(Br)c(C)c(C)cc4n3c2=O)c1. The highest BCUT2D eigenvalue weighted by Crippen LogP contribution is 2.30. The van der Waals surface area contributed by atoms with E-state index in [1.54, 1.807) is 11.5 Å². The van der Waals surface area contributed by atoms with E-state index in [2.05, 4.69) is 20.9 Å². The highest BCUT2D eigenvalue weighted by molar-refractivity contribution is 9.10. The molecule has 0 aliphatic rings. The first-order valence-corrected chi connectivity index (χ1v) is 9.37. The number of thiazole rings is 1. The summed E-state index contributed by atoms with van der Waals surface area (Å²) in [6.45, 7) is 4.09. The molecule has 4 aromatic rings. The molecule has 4 nitrogen and oxygen atoms in total. The summed E-state index contributed by atoms with van der Waals surface area (Å²) in [5.41, 5.74) is 4.84. The second-order valence-corrected chi connectivity index (χ2v) is 7.72. The van der Waals surface area contributed by atoms with E-state index in [1.807, 2.05) is 50.3 Å². The van der Waals surface area contributed by atoms with Crippen molar-refractivity contribution in [3.8, 4) is 5.75 Å². The summed E-state index contributed by atoms with van der Waals surface area (Å²) in [6.07, 6.45) is 1.88. The van der Waals surface area contributed by atoms with Gasteiger partial charge in [0.1, 0.15) is 11.3 Å². The molecule has 0 atom stereocenters. The van der Waals surface area contributed by atoms with Crippen molar-refractivity contribution in [1.29, 1.82) is 0 Å². The first kappa shape index (κ1) is 16.3. The Morgan fingerprint density at radius 3 is 2.84 bits per heavy atom. The number of ether oxygens (including phenoxy) is 1. The Morgan fingerprint density at radius 2 is 2.08 bits per heavy atom. The van der Waals surface area contributed by atoms with Gasteiger partial charge in [-0.3, -0.25) is 4.79 Å². The van der Waals surface area contributed by atoms with Crippen molar-refractivity contribution in [2.45, 2.75) is 13.8 Å². The van der Waals surface area contributed by atoms with Crippen LogP contribution in [0.3, 0.4) is 0 Å². The van der Waals surface area contributed by atoms with Crippen LogP contribution in [0.25, 0.3) is 22.1 Å². The first-order valence-electron chi connectivity index (χ1n) is 7.76. The van der Waals surface area contributed by atoms with Gasteiger partial charge in [0.05, 0.1) is 17.2 Å². The highest BCUT2D eigenvalue weighted by Gasteiger charge is 2.15. The van der Waals surface area contributed by atoms with E-state index < -0.39 is 0 Å². The number of fused-ring (bicyclic) bond motifs is 3. The van der Waals surface area contributed by atoms with E-state index in [0.29, 0.717) is 9.49 Å². The number of methoxy groups -OCH3 is 1. The van der Waals surface area contributed by atoms with Crippen LogP contribution in [0.15, 0.2) is 39.6 Å². The van der Waals surface area contributed by atoms with Crippen molar-refractivity contribution < 1.29 is 4.74 Å². The van der Waals surface area contributed by atoms with Crippen molar-refractivity contribution in [3.63, 3.8) is 0 Å². The molecule has 4 rings (SSSR count). The molecule has 0 aliphatic carbocycles. The lowest BCUT2D eigenvalue weighted by Crippen LogP contribution is -2.22. The summed E-state index contributed by atoms with van der Waals surface area (Å²) in [4.78, 5) is 18.3. The van der Waals surface area contributed by atoms with Gasteiger partial charge >= 0.3 is 0 Å². The molecule has 0 fully saturated rings. The van der Waals surface area contributed by atoms with Crippen LogP contribution < -0.4 is 14.8 Å². The van der Waals surface area contributed by atoms with Crippen LogP contribution in [0, 0.1) is 13.8 Å². The molecule has 25 heavy (non-hydrogen) atoms.